The van der Waals surface area contributed by atoms with Crippen molar-refractivity contribution in [3.63, 3.8) is 0 Å². The molecule has 1 aliphatic carbocycles. The van der Waals surface area contributed by atoms with E-state index in [9.17, 15) is 4.79 Å². The summed E-state index contributed by atoms with van der Waals surface area (Å²) in [7, 11) is 0. The molecule has 0 bridgehead atoms. The molecule has 0 saturated heterocycles. The number of benzene rings is 1. The van der Waals surface area contributed by atoms with Crippen molar-refractivity contribution in [3.05, 3.63) is 28.2 Å². The fourth-order valence-corrected chi connectivity index (χ4v) is 3.21. The lowest BCUT2D eigenvalue weighted by atomic mass is 9.85. The maximum absolute atomic E-state index is 12.5. The van der Waals surface area contributed by atoms with Crippen molar-refractivity contribution >= 4 is 44.7 Å². The number of halogens is 1. The van der Waals surface area contributed by atoms with Gasteiger partial charge in [0.25, 0.3) is 0 Å². The van der Waals surface area contributed by atoms with Gasteiger partial charge in [0.1, 0.15) is 0 Å². The standard InChI is InChI=1S/C14H17BrN2OS/c1-9-5-4-6-10(11(9)15)17-13(18)14(12(16)19)7-2-3-8-14/h4-6H,2-3,7-8H2,1H3,(H2,16,19)(H,17,18). The average molecular weight is 341 g/mol. The molecule has 1 saturated carbocycles. The van der Waals surface area contributed by atoms with E-state index in [0.717, 1.165) is 41.4 Å². The van der Waals surface area contributed by atoms with Crippen molar-refractivity contribution in [3.8, 4) is 0 Å². The molecule has 2 rings (SSSR count). The largest absolute Gasteiger partial charge is 0.392 e. The van der Waals surface area contributed by atoms with Gasteiger partial charge in [-0.25, -0.2) is 0 Å². The summed E-state index contributed by atoms with van der Waals surface area (Å²) in [6.07, 6.45) is 3.49. The molecular weight excluding hydrogens is 324 g/mol. The number of nitrogens with two attached hydrogens (primary N) is 1. The Labute approximate surface area is 127 Å². The first-order valence-electron chi connectivity index (χ1n) is 6.34. The lowest BCUT2D eigenvalue weighted by molar-refractivity contribution is -0.122. The molecule has 0 atom stereocenters. The Hall–Kier alpha value is -0.940. The number of thiocarbonyl (C=S) groups is 1. The van der Waals surface area contributed by atoms with E-state index in [4.69, 9.17) is 18.0 Å². The summed E-state index contributed by atoms with van der Waals surface area (Å²) in [5, 5.41) is 2.96. The summed E-state index contributed by atoms with van der Waals surface area (Å²) in [5.41, 5.74) is 6.99. The highest BCUT2D eigenvalue weighted by Gasteiger charge is 2.44. The van der Waals surface area contributed by atoms with Crippen LogP contribution in [-0.2, 0) is 4.79 Å². The number of anilines is 1. The number of carbonyl (C=O) groups is 1. The van der Waals surface area contributed by atoms with Gasteiger partial charge in [0.15, 0.2) is 0 Å². The smallest absolute Gasteiger partial charge is 0.237 e. The molecule has 0 radical (unpaired) electrons. The molecule has 102 valence electrons. The lowest BCUT2D eigenvalue weighted by Gasteiger charge is -2.26. The van der Waals surface area contributed by atoms with Gasteiger partial charge >= 0.3 is 0 Å². The summed E-state index contributed by atoms with van der Waals surface area (Å²) >= 11 is 8.62. The normalized spacial score (nSPS) is 17.2. The molecule has 3 nitrogen and oxygen atoms in total. The molecule has 1 aromatic rings. The Kier molecular flexibility index (Phi) is 4.26. The summed E-state index contributed by atoms with van der Waals surface area (Å²) in [6.45, 7) is 1.98. The van der Waals surface area contributed by atoms with E-state index in [0.29, 0.717) is 4.99 Å². The Morgan fingerprint density at radius 2 is 2.05 bits per heavy atom. The highest BCUT2D eigenvalue weighted by molar-refractivity contribution is 9.10. The SMILES string of the molecule is Cc1cccc(NC(=O)C2(C(N)=S)CCCC2)c1Br. The summed E-state index contributed by atoms with van der Waals surface area (Å²) in [5.74, 6) is -0.0798. The van der Waals surface area contributed by atoms with Crippen LogP contribution in [0.1, 0.15) is 31.2 Å². The van der Waals surface area contributed by atoms with Crippen LogP contribution in [0.3, 0.4) is 0 Å². The van der Waals surface area contributed by atoms with Gasteiger partial charge in [-0.3, -0.25) is 4.79 Å². The van der Waals surface area contributed by atoms with Crippen LogP contribution in [0.5, 0.6) is 0 Å². The third kappa shape index (κ3) is 2.67. The second kappa shape index (κ2) is 5.59. The topological polar surface area (TPSA) is 55.1 Å². The van der Waals surface area contributed by atoms with Crippen LogP contribution < -0.4 is 11.1 Å². The van der Waals surface area contributed by atoms with Gasteiger partial charge in [-0.05, 0) is 47.3 Å². The maximum atomic E-state index is 12.5. The molecule has 1 amide bonds. The van der Waals surface area contributed by atoms with Crippen molar-refractivity contribution in [2.75, 3.05) is 5.32 Å². The predicted molar refractivity (Wildman–Crippen MR) is 85.2 cm³/mol. The van der Waals surface area contributed by atoms with Gasteiger partial charge in [0.2, 0.25) is 5.91 Å². The predicted octanol–water partition coefficient (Wildman–Crippen LogP) is 3.54. The molecule has 1 fully saturated rings. The number of hydrogen-bond acceptors (Lipinski definition) is 2. The second-order valence-electron chi connectivity index (χ2n) is 5.04. The quantitative estimate of drug-likeness (QED) is 0.827. The number of nitrogens with one attached hydrogen (secondary N) is 1. The molecular formula is C14H17BrN2OS. The second-order valence-corrected chi connectivity index (χ2v) is 6.28. The Morgan fingerprint density at radius 3 is 2.63 bits per heavy atom. The Morgan fingerprint density at radius 1 is 1.42 bits per heavy atom. The first-order valence-corrected chi connectivity index (χ1v) is 7.54. The minimum absolute atomic E-state index is 0.0798. The van der Waals surface area contributed by atoms with E-state index in [1.54, 1.807) is 0 Å². The van der Waals surface area contributed by atoms with E-state index < -0.39 is 5.41 Å². The van der Waals surface area contributed by atoms with Crippen molar-refractivity contribution in [1.82, 2.24) is 0 Å². The summed E-state index contributed by atoms with van der Waals surface area (Å²) in [4.78, 5) is 12.9. The molecule has 19 heavy (non-hydrogen) atoms. The number of hydrogen-bond donors (Lipinski definition) is 2. The van der Waals surface area contributed by atoms with Crippen LogP contribution in [-0.4, -0.2) is 10.9 Å². The maximum Gasteiger partial charge on any atom is 0.237 e. The van der Waals surface area contributed by atoms with Gasteiger partial charge in [-0.1, -0.05) is 37.2 Å². The minimum Gasteiger partial charge on any atom is -0.392 e. The summed E-state index contributed by atoms with van der Waals surface area (Å²) in [6, 6.07) is 5.77. The van der Waals surface area contributed by atoms with Crippen molar-refractivity contribution in [1.29, 1.82) is 0 Å². The third-order valence-electron chi connectivity index (χ3n) is 3.80. The number of amides is 1. The van der Waals surface area contributed by atoms with Crippen LogP contribution in [0.4, 0.5) is 5.69 Å². The van der Waals surface area contributed by atoms with Gasteiger partial charge in [-0.2, -0.15) is 0 Å². The van der Waals surface area contributed by atoms with Gasteiger partial charge in [0, 0.05) is 4.47 Å². The van der Waals surface area contributed by atoms with Gasteiger partial charge < -0.3 is 11.1 Å². The van der Waals surface area contributed by atoms with Crippen molar-refractivity contribution in [2.45, 2.75) is 32.6 Å². The Bertz CT molecular complexity index is 524. The van der Waals surface area contributed by atoms with Gasteiger partial charge in [0.05, 0.1) is 16.1 Å². The highest BCUT2D eigenvalue weighted by atomic mass is 79.9. The number of aryl methyl sites for hydroxylation is 1. The van der Waals surface area contributed by atoms with E-state index in [1.165, 1.54) is 0 Å². The highest BCUT2D eigenvalue weighted by Crippen LogP contribution is 2.40. The van der Waals surface area contributed by atoms with Crippen LogP contribution in [0.25, 0.3) is 0 Å². The molecule has 0 heterocycles. The molecule has 0 spiro atoms. The van der Waals surface area contributed by atoms with Crippen molar-refractivity contribution in [2.24, 2.45) is 11.1 Å². The van der Waals surface area contributed by atoms with Crippen LogP contribution in [0, 0.1) is 12.3 Å². The molecule has 1 aliphatic rings. The fraction of sp³-hybridized carbons (Fsp3) is 0.429. The molecule has 0 aliphatic heterocycles. The van der Waals surface area contributed by atoms with E-state index in [-0.39, 0.29) is 5.91 Å². The number of rotatable bonds is 3. The zero-order chi connectivity index (χ0) is 14.0. The van der Waals surface area contributed by atoms with Crippen LogP contribution in [0.2, 0.25) is 0 Å². The lowest BCUT2D eigenvalue weighted by Crippen LogP contribution is -2.44. The zero-order valence-electron chi connectivity index (χ0n) is 10.8. The third-order valence-corrected chi connectivity index (χ3v) is 5.25. The number of carbonyl (C=O) groups excluding carboxylic acids is 1. The molecule has 1 aromatic carbocycles. The van der Waals surface area contributed by atoms with E-state index in [2.05, 4.69) is 21.2 Å². The first kappa shape index (κ1) is 14.5. The molecule has 0 aromatic heterocycles. The average Bonchev–Trinajstić information content (AvgIpc) is 2.85. The summed E-state index contributed by atoms with van der Waals surface area (Å²) < 4.78 is 0.902. The zero-order valence-corrected chi connectivity index (χ0v) is 13.2. The van der Waals surface area contributed by atoms with Gasteiger partial charge in [-0.15, -0.1) is 0 Å². The van der Waals surface area contributed by atoms with Crippen LogP contribution >= 0.6 is 28.1 Å². The molecule has 5 heteroatoms. The van der Waals surface area contributed by atoms with Crippen LogP contribution in [0.15, 0.2) is 22.7 Å². The van der Waals surface area contributed by atoms with Crippen molar-refractivity contribution < 1.29 is 4.79 Å². The van der Waals surface area contributed by atoms with E-state index >= 15 is 0 Å². The molecule has 3 N–H and O–H groups in total. The monoisotopic (exact) mass is 340 g/mol. The Balaban J connectivity index is 2.25. The fourth-order valence-electron chi connectivity index (χ4n) is 2.55. The first-order chi connectivity index (χ1) is 8.97. The minimum atomic E-state index is -0.668. The molecule has 0 unspecified atom stereocenters. The van der Waals surface area contributed by atoms with E-state index in [1.807, 2.05) is 25.1 Å².